The number of hydrogen-bond donors (Lipinski definition) is 1. The number of thioether (sulfide) groups is 1. The van der Waals surface area contributed by atoms with Crippen molar-refractivity contribution >= 4 is 29.3 Å². The molecule has 2 heterocycles. The standard InChI is InChI=1S/C20H19N3O4S/c1-12-10-13(2)22-20(21-12)28-11-16-8-9-17(27-16)18(24)23-15-6-4-14(5-7-15)19(25)26-3/h4-10H,11H2,1-3H3,(H,23,24). The van der Waals surface area contributed by atoms with E-state index in [1.165, 1.54) is 18.9 Å². The topological polar surface area (TPSA) is 94.3 Å². The second kappa shape index (κ2) is 8.71. The number of rotatable bonds is 6. The van der Waals surface area contributed by atoms with E-state index in [2.05, 4.69) is 20.0 Å². The van der Waals surface area contributed by atoms with E-state index in [0.717, 1.165) is 11.4 Å². The van der Waals surface area contributed by atoms with E-state index in [0.29, 0.717) is 27.9 Å². The highest BCUT2D eigenvalue weighted by Gasteiger charge is 2.13. The quantitative estimate of drug-likeness (QED) is 0.381. The number of furan rings is 1. The van der Waals surface area contributed by atoms with Crippen molar-refractivity contribution in [2.75, 3.05) is 12.4 Å². The zero-order valence-corrected chi connectivity index (χ0v) is 16.5. The molecule has 28 heavy (non-hydrogen) atoms. The Morgan fingerprint density at radius 3 is 2.39 bits per heavy atom. The van der Waals surface area contributed by atoms with E-state index in [9.17, 15) is 9.59 Å². The minimum atomic E-state index is -0.432. The highest BCUT2D eigenvalue weighted by atomic mass is 32.2. The van der Waals surface area contributed by atoms with Crippen LogP contribution in [0, 0.1) is 13.8 Å². The number of ether oxygens (including phenoxy) is 1. The van der Waals surface area contributed by atoms with Gasteiger partial charge in [0.15, 0.2) is 10.9 Å². The van der Waals surface area contributed by atoms with Gasteiger partial charge in [-0.1, -0.05) is 11.8 Å². The van der Waals surface area contributed by atoms with Crippen molar-refractivity contribution in [3.63, 3.8) is 0 Å². The van der Waals surface area contributed by atoms with Gasteiger partial charge in [-0.3, -0.25) is 4.79 Å². The molecule has 7 nitrogen and oxygen atoms in total. The second-order valence-electron chi connectivity index (χ2n) is 6.01. The summed E-state index contributed by atoms with van der Waals surface area (Å²) in [6.45, 7) is 3.84. The summed E-state index contributed by atoms with van der Waals surface area (Å²) in [6.07, 6.45) is 0. The molecule has 0 unspecified atom stereocenters. The first-order valence-corrected chi connectivity index (χ1v) is 9.46. The van der Waals surface area contributed by atoms with Crippen LogP contribution in [-0.2, 0) is 10.5 Å². The molecule has 0 fully saturated rings. The number of amides is 1. The van der Waals surface area contributed by atoms with Gasteiger partial charge in [0.05, 0.1) is 18.4 Å². The number of nitrogens with one attached hydrogen (secondary N) is 1. The number of carbonyl (C=O) groups excluding carboxylic acids is 2. The molecule has 2 aromatic heterocycles. The van der Waals surface area contributed by atoms with E-state index in [4.69, 9.17) is 4.42 Å². The molecule has 3 aromatic rings. The molecule has 0 aliphatic rings. The van der Waals surface area contributed by atoms with Gasteiger partial charge in [-0.25, -0.2) is 14.8 Å². The van der Waals surface area contributed by atoms with Gasteiger partial charge in [-0.2, -0.15) is 0 Å². The highest BCUT2D eigenvalue weighted by molar-refractivity contribution is 7.98. The Kier molecular flexibility index (Phi) is 6.10. The van der Waals surface area contributed by atoms with Crippen LogP contribution < -0.4 is 5.32 Å². The summed E-state index contributed by atoms with van der Waals surface area (Å²) < 4.78 is 10.3. The molecule has 1 aromatic carbocycles. The Labute approximate surface area is 166 Å². The molecule has 8 heteroatoms. The van der Waals surface area contributed by atoms with Crippen LogP contribution in [0.5, 0.6) is 0 Å². The third-order valence-corrected chi connectivity index (χ3v) is 4.62. The fraction of sp³-hybridized carbons (Fsp3) is 0.200. The minimum Gasteiger partial charge on any atom is -0.465 e. The van der Waals surface area contributed by atoms with E-state index >= 15 is 0 Å². The third-order valence-electron chi connectivity index (χ3n) is 3.75. The van der Waals surface area contributed by atoms with Gasteiger partial charge in [0.25, 0.3) is 5.91 Å². The van der Waals surface area contributed by atoms with Crippen LogP contribution in [0.25, 0.3) is 0 Å². The Morgan fingerprint density at radius 1 is 1.07 bits per heavy atom. The fourth-order valence-electron chi connectivity index (χ4n) is 2.47. The number of aryl methyl sites for hydroxylation is 2. The van der Waals surface area contributed by atoms with E-state index in [1.807, 2.05) is 19.9 Å². The summed E-state index contributed by atoms with van der Waals surface area (Å²) in [5.41, 5.74) is 2.78. The third kappa shape index (κ3) is 4.98. The number of carbonyl (C=O) groups is 2. The monoisotopic (exact) mass is 397 g/mol. The van der Waals surface area contributed by atoms with Crippen LogP contribution in [-0.4, -0.2) is 29.0 Å². The maximum atomic E-state index is 12.3. The summed E-state index contributed by atoms with van der Waals surface area (Å²) in [4.78, 5) is 32.5. The van der Waals surface area contributed by atoms with Gasteiger partial charge in [0.1, 0.15) is 5.76 Å². The molecule has 1 N–H and O–H groups in total. The molecule has 0 saturated carbocycles. The molecule has 0 bridgehead atoms. The lowest BCUT2D eigenvalue weighted by atomic mass is 10.2. The van der Waals surface area contributed by atoms with E-state index < -0.39 is 5.97 Å². The Balaban J connectivity index is 1.59. The summed E-state index contributed by atoms with van der Waals surface area (Å²) in [6, 6.07) is 11.7. The predicted molar refractivity (Wildman–Crippen MR) is 106 cm³/mol. The molecule has 0 aliphatic carbocycles. The van der Waals surface area contributed by atoms with Crippen LogP contribution >= 0.6 is 11.8 Å². The van der Waals surface area contributed by atoms with Crippen molar-refractivity contribution in [1.82, 2.24) is 9.97 Å². The van der Waals surface area contributed by atoms with Gasteiger partial charge in [-0.15, -0.1) is 0 Å². The Hall–Kier alpha value is -3.13. The number of benzene rings is 1. The molecule has 3 rings (SSSR count). The highest BCUT2D eigenvalue weighted by Crippen LogP contribution is 2.22. The Bertz CT molecular complexity index is 979. The van der Waals surface area contributed by atoms with Crippen molar-refractivity contribution in [2.45, 2.75) is 24.8 Å². The summed E-state index contributed by atoms with van der Waals surface area (Å²) in [5.74, 6) is 0.570. The van der Waals surface area contributed by atoms with E-state index in [-0.39, 0.29) is 11.7 Å². The van der Waals surface area contributed by atoms with Crippen LogP contribution in [0.2, 0.25) is 0 Å². The molecular weight excluding hydrogens is 378 g/mol. The lowest BCUT2D eigenvalue weighted by molar-refractivity contribution is 0.0600. The van der Waals surface area contributed by atoms with Gasteiger partial charge in [0, 0.05) is 17.1 Å². The molecule has 0 aliphatic heterocycles. The first-order valence-electron chi connectivity index (χ1n) is 8.48. The molecule has 0 radical (unpaired) electrons. The van der Waals surface area contributed by atoms with Crippen molar-refractivity contribution < 1.29 is 18.7 Å². The van der Waals surface area contributed by atoms with Gasteiger partial charge >= 0.3 is 5.97 Å². The maximum absolute atomic E-state index is 12.3. The zero-order valence-electron chi connectivity index (χ0n) is 15.7. The lowest BCUT2D eigenvalue weighted by Gasteiger charge is -2.04. The van der Waals surface area contributed by atoms with E-state index in [1.54, 1.807) is 36.4 Å². The van der Waals surface area contributed by atoms with Gasteiger partial charge < -0.3 is 14.5 Å². The molecule has 0 spiro atoms. The first-order chi connectivity index (χ1) is 13.4. The number of esters is 1. The molecule has 0 atom stereocenters. The Morgan fingerprint density at radius 2 is 1.75 bits per heavy atom. The first kappa shape index (κ1) is 19.6. The number of aromatic nitrogens is 2. The smallest absolute Gasteiger partial charge is 0.337 e. The summed E-state index contributed by atoms with van der Waals surface area (Å²) >= 11 is 1.45. The van der Waals surface area contributed by atoms with Crippen LogP contribution in [0.3, 0.4) is 0 Å². The minimum absolute atomic E-state index is 0.203. The number of nitrogens with zero attached hydrogens (tertiary/aromatic N) is 2. The SMILES string of the molecule is COC(=O)c1ccc(NC(=O)c2ccc(CSc3nc(C)cc(C)n3)o2)cc1. The van der Waals surface area contributed by atoms with Crippen LogP contribution in [0.1, 0.15) is 38.1 Å². The number of anilines is 1. The average molecular weight is 397 g/mol. The number of methoxy groups -OCH3 is 1. The van der Waals surface area contributed by atoms with Gasteiger partial charge in [0.2, 0.25) is 0 Å². The zero-order chi connectivity index (χ0) is 20.1. The van der Waals surface area contributed by atoms with Crippen LogP contribution in [0.15, 0.2) is 52.0 Å². The van der Waals surface area contributed by atoms with Gasteiger partial charge in [-0.05, 0) is 56.3 Å². The van der Waals surface area contributed by atoms with Crippen molar-refractivity contribution in [3.8, 4) is 0 Å². The van der Waals surface area contributed by atoms with Crippen molar-refractivity contribution in [2.24, 2.45) is 0 Å². The number of hydrogen-bond acceptors (Lipinski definition) is 7. The molecule has 144 valence electrons. The maximum Gasteiger partial charge on any atom is 0.337 e. The molecule has 1 amide bonds. The lowest BCUT2D eigenvalue weighted by Crippen LogP contribution is -2.11. The fourth-order valence-corrected chi connectivity index (χ4v) is 3.32. The normalized spacial score (nSPS) is 10.5. The molecule has 0 saturated heterocycles. The second-order valence-corrected chi connectivity index (χ2v) is 6.95. The predicted octanol–water partition coefficient (Wildman–Crippen LogP) is 4.02. The van der Waals surface area contributed by atoms with Crippen molar-refractivity contribution in [1.29, 1.82) is 0 Å². The summed E-state index contributed by atoms with van der Waals surface area (Å²) in [5, 5.41) is 3.40. The summed E-state index contributed by atoms with van der Waals surface area (Å²) in [7, 11) is 1.32. The largest absolute Gasteiger partial charge is 0.465 e. The molecular formula is C20H19N3O4S. The van der Waals surface area contributed by atoms with Crippen molar-refractivity contribution in [3.05, 3.63) is 70.9 Å². The van der Waals surface area contributed by atoms with Crippen LogP contribution in [0.4, 0.5) is 5.69 Å². The average Bonchev–Trinajstić information content (AvgIpc) is 3.15.